The third-order valence-electron chi connectivity index (χ3n) is 3.94. The Kier molecular flexibility index (Phi) is 2.93. The summed E-state index contributed by atoms with van der Waals surface area (Å²) in [4.78, 5) is 2.55. The summed E-state index contributed by atoms with van der Waals surface area (Å²) in [6.07, 6.45) is 2.60. The van der Waals surface area contributed by atoms with Crippen molar-refractivity contribution in [3.8, 4) is 5.75 Å². The zero-order valence-corrected chi connectivity index (χ0v) is 10.4. The largest absolute Gasteiger partial charge is 0.495 e. The highest BCUT2D eigenvalue weighted by molar-refractivity contribution is 5.64. The van der Waals surface area contributed by atoms with Crippen molar-refractivity contribution in [3.05, 3.63) is 23.8 Å². The molecule has 1 aromatic rings. The van der Waals surface area contributed by atoms with Crippen LogP contribution in [0.25, 0.3) is 0 Å². The number of hydrogen-bond donors (Lipinski definition) is 1. The topological polar surface area (TPSA) is 24.5 Å². The van der Waals surface area contributed by atoms with Crippen molar-refractivity contribution in [3.63, 3.8) is 0 Å². The van der Waals surface area contributed by atoms with Gasteiger partial charge >= 0.3 is 0 Å². The Bertz CT molecular complexity index is 401. The van der Waals surface area contributed by atoms with Crippen LogP contribution < -0.4 is 10.1 Å². The molecule has 0 saturated carbocycles. The van der Waals surface area contributed by atoms with Crippen molar-refractivity contribution in [2.75, 3.05) is 38.6 Å². The predicted molar refractivity (Wildman–Crippen MR) is 69.9 cm³/mol. The van der Waals surface area contributed by atoms with Crippen LogP contribution in [0.3, 0.4) is 0 Å². The van der Waals surface area contributed by atoms with Crippen LogP contribution in [0.4, 0.5) is 5.69 Å². The Balaban J connectivity index is 1.85. The molecule has 17 heavy (non-hydrogen) atoms. The van der Waals surface area contributed by atoms with E-state index in [-0.39, 0.29) is 0 Å². The van der Waals surface area contributed by atoms with Gasteiger partial charge in [0.2, 0.25) is 0 Å². The fraction of sp³-hybridized carbons (Fsp3) is 0.571. The lowest BCUT2D eigenvalue weighted by Crippen LogP contribution is -2.40. The fourth-order valence-electron chi connectivity index (χ4n) is 2.84. The van der Waals surface area contributed by atoms with Crippen molar-refractivity contribution in [1.29, 1.82) is 0 Å². The maximum absolute atomic E-state index is 5.43. The van der Waals surface area contributed by atoms with Crippen LogP contribution in [0.2, 0.25) is 0 Å². The van der Waals surface area contributed by atoms with Gasteiger partial charge in [-0.05, 0) is 37.6 Å². The van der Waals surface area contributed by atoms with Crippen molar-refractivity contribution >= 4 is 5.69 Å². The number of benzene rings is 1. The number of nitrogens with zero attached hydrogens (tertiary/aromatic N) is 1. The first-order valence-electron chi connectivity index (χ1n) is 6.51. The molecule has 1 atom stereocenters. The van der Waals surface area contributed by atoms with E-state index in [2.05, 4.69) is 22.3 Å². The molecule has 2 aliphatic rings. The van der Waals surface area contributed by atoms with Gasteiger partial charge in [0, 0.05) is 19.0 Å². The first kappa shape index (κ1) is 10.9. The van der Waals surface area contributed by atoms with Crippen LogP contribution in [0.15, 0.2) is 18.2 Å². The first-order valence-corrected chi connectivity index (χ1v) is 6.51. The molecule has 0 aliphatic carbocycles. The van der Waals surface area contributed by atoms with E-state index in [9.17, 15) is 0 Å². The van der Waals surface area contributed by atoms with Gasteiger partial charge in [0.25, 0.3) is 0 Å². The molecule has 1 aromatic carbocycles. The predicted octanol–water partition coefficient (Wildman–Crippen LogP) is 2.30. The van der Waals surface area contributed by atoms with Crippen molar-refractivity contribution in [1.82, 2.24) is 4.90 Å². The molecule has 3 nitrogen and oxygen atoms in total. The zero-order chi connectivity index (χ0) is 11.7. The highest BCUT2D eigenvalue weighted by Gasteiger charge is 2.26. The van der Waals surface area contributed by atoms with Gasteiger partial charge in [0.1, 0.15) is 5.75 Å². The second kappa shape index (κ2) is 4.57. The SMILES string of the molecule is COc1cccc2c1NCCC2CN1CCC1. The van der Waals surface area contributed by atoms with Gasteiger partial charge in [-0.25, -0.2) is 0 Å². The van der Waals surface area contributed by atoms with E-state index in [0.717, 1.165) is 12.3 Å². The average molecular weight is 232 g/mol. The van der Waals surface area contributed by atoms with Gasteiger partial charge in [-0.1, -0.05) is 12.1 Å². The number of nitrogens with one attached hydrogen (secondary N) is 1. The molecule has 0 amide bonds. The highest BCUT2D eigenvalue weighted by Crippen LogP contribution is 2.38. The minimum absolute atomic E-state index is 0.668. The summed E-state index contributed by atoms with van der Waals surface area (Å²) in [6.45, 7) is 4.83. The van der Waals surface area contributed by atoms with E-state index in [0.29, 0.717) is 5.92 Å². The Morgan fingerprint density at radius 3 is 3.00 bits per heavy atom. The molecule has 0 aromatic heterocycles. The monoisotopic (exact) mass is 232 g/mol. The molecular formula is C14H20N2O. The molecule has 1 saturated heterocycles. The number of fused-ring (bicyclic) bond motifs is 1. The molecule has 2 aliphatic heterocycles. The van der Waals surface area contributed by atoms with E-state index in [4.69, 9.17) is 4.74 Å². The standard InChI is InChI=1S/C14H20N2O/c1-17-13-5-2-4-12-11(6-7-15-14(12)13)10-16-8-3-9-16/h2,4-5,11,15H,3,6-10H2,1H3. The van der Waals surface area contributed by atoms with E-state index < -0.39 is 0 Å². The summed E-state index contributed by atoms with van der Waals surface area (Å²) in [5.74, 6) is 1.65. The Morgan fingerprint density at radius 2 is 2.29 bits per heavy atom. The van der Waals surface area contributed by atoms with Crippen molar-refractivity contribution in [2.45, 2.75) is 18.8 Å². The third kappa shape index (κ3) is 2.00. The molecule has 3 heteroatoms. The minimum Gasteiger partial charge on any atom is -0.495 e. The van der Waals surface area contributed by atoms with Crippen LogP contribution >= 0.6 is 0 Å². The third-order valence-corrected chi connectivity index (χ3v) is 3.94. The highest BCUT2D eigenvalue weighted by atomic mass is 16.5. The van der Waals surface area contributed by atoms with Gasteiger partial charge < -0.3 is 15.0 Å². The summed E-state index contributed by atoms with van der Waals surface area (Å²) in [5.41, 5.74) is 2.65. The quantitative estimate of drug-likeness (QED) is 0.865. The van der Waals surface area contributed by atoms with Gasteiger partial charge in [-0.3, -0.25) is 0 Å². The van der Waals surface area contributed by atoms with Crippen molar-refractivity contribution in [2.24, 2.45) is 0 Å². The molecular weight excluding hydrogens is 212 g/mol. The van der Waals surface area contributed by atoms with E-state index in [1.807, 2.05) is 6.07 Å². The second-order valence-electron chi connectivity index (χ2n) is 4.99. The smallest absolute Gasteiger partial charge is 0.142 e. The van der Waals surface area contributed by atoms with Crippen LogP contribution in [0.5, 0.6) is 5.75 Å². The van der Waals surface area contributed by atoms with Crippen LogP contribution in [-0.4, -0.2) is 38.2 Å². The number of likely N-dealkylation sites (tertiary alicyclic amines) is 1. The number of anilines is 1. The van der Waals surface area contributed by atoms with Crippen molar-refractivity contribution < 1.29 is 4.74 Å². The number of ether oxygens (including phenoxy) is 1. The van der Waals surface area contributed by atoms with Crippen LogP contribution in [0.1, 0.15) is 24.3 Å². The number of para-hydroxylation sites is 1. The average Bonchev–Trinajstić information content (AvgIpc) is 2.33. The Labute approximate surface area is 103 Å². The van der Waals surface area contributed by atoms with Gasteiger partial charge in [-0.15, -0.1) is 0 Å². The maximum atomic E-state index is 5.43. The normalized spacial score (nSPS) is 23.5. The van der Waals surface area contributed by atoms with Gasteiger partial charge in [-0.2, -0.15) is 0 Å². The first-order chi connectivity index (χ1) is 8.38. The fourth-order valence-corrected chi connectivity index (χ4v) is 2.84. The summed E-state index contributed by atoms with van der Waals surface area (Å²) >= 11 is 0. The van der Waals surface area contributed by atoms with Gasteiger partial charge in [0.15, 0.2) is 0 Å². The molecule has 0 bridgehead atoms. The molecule has 0 spiro atoms. The minimum atomic E-state index is 0.668. The van der Waals surface area contributed by atoms with E-state index in [1.54, 1.807) is 7.11 Å². The van der Waals surface area contributed by atoms with Gasteiger partial charge in [0.05, 0.1) is 12.8 Å². The Hall–Kier alpha value is -1.22. The number of hydrogen-bond acceptors (Lipinski definition) is 3. The van der Waals surface area contributed by atoms with Crippen LogP contribution in [-0.2, 0) is 0 Å². The summed E-state index contributed by atoms with van der Waals surface area (Å²) in [5, 5.41) is 3.48. The summed E-state index contributed by atoms with van der Waals surface area (Å²) in [6, 6.07) is 6.39. The van der Waals surface area contributed by atoms with E-state index in [1.165, 1.54) is 43.7 Å². The molecule has 2 heterocycles. The zero-order valence-electron chi connectivity index (χ0n) is 10.4. The molecule has 0 radical (unpaired) electrons. The lowest BCUT2D eigenvalue weighted by Gasteiger charge is -2.36. The molecule has 92 valence electrons. The molecule has 1 N–H and O–H groups in total. The number of rotatable bonds is 3. The van der Waals surface area contributed by atoms with Crippen LogP contribution in [0, 0.1) is 0 Å². The Morgan fingerprint density at radius 1 is 1.41 bits per heavy atom. The second-order valence-corrected chi connectivity index (χ2v) is 4.99. The van der Waals surface area contributed by atoms with E-state index >= 15 is 0 Å². The number of methoxy groups -OCH3 is 1. The molecule has 1 unspecified atom stereocenters. The maximum Gasteiger partial charge on any atom is 0.142 e. The lowest BCUT2D eigenvalue weighted by atomic mass is 9.89. The molecule has 1 fully saturated rings. The molecule has 3 rings (SSSR count). The summed E-state index contributed by atoms with van der Waals surface area (Å²) in [7, 11) is 1.75. The lowest BCUT2D eigenvalue weighted by molar-refractivity contribution is 0.167. The summed E-state index contributed by atoms with van der Waals surface area (Å²) < 4.78 is 5.43.